The summed E-state index contributed by atoms with van der Waals surface area (Å²) in [5, 5.41) is 9.19. The Balaban J connectivity index is 2.40. The van der Waals surface area contributed by atoms with Crippen LogP contribution in [0.3, 0.4) is 0 Å². The SMILES string of the molecule is CC(C)=CC(=O)N1C[C@@H](C(=O)O)c2ccccc21. The zero-order valence-electron chi connectivity index (χ0n) is 10.4. The van der Waals surface area contributed by atoms with Gasteiger partial charge in [0.25, 0.3) is 5.91 Å². The lowest BCUT2D eigenvalue weighted by molar-refractivity contribution is -0.138. The third-order valence-corrected chi connectivity index (χ3v) is 2.94. The van der Waals surface area contributed by atoms with Gasteiger partial charge in [0.1, 0.15) is 5.92 Å². The van der Waals surface area contributed by atoms with Gasteiger partial charge in [-0.3, -0.25) is 9.59 Å². The van der Waals surface area contributed by atoms with Crippen LogP contribution < -0.4 is 4.90 Å². The lowest BCUT2D eigenvalue weighted by atomic mass is 10.0. The lowest BCUT2D eigenvalue weighted by Gasteiger charge is -2.15. The first kappa shape index (κ1) is 12.4. The molecule has 1 aromatic carbocycles. The molecule has 0 saturated heterocycles. The van der Waals surface area contributed by atoms with Gasteiger partial charge in [0.05, 0.1) is 0 Å². The number of fused-ring (bicyclic) bond motifs is 1. The van der Waals surface area contributed by atoms with E-state index in [-0.39, 0.29) is 12.5 Å². The van der Waals surface area contributed by atoms with E-state index in [9.17, 15) is 14.7 Å². The van der Waals surface area contributed by atoms with Gasteiger partial charge in [-0.05, 0) is 25.5 Å². The second-order valence-electron chi connectivity index (χ2n) is 4.62. The molecule has 4 heteroatoms. The Morgan fingerprint density at radius 1 is 1.33 bits per heavy atom. The van der Waals surface area contributed by atoms with E-state index in [4.69, 9.17) is 0 Å². The van der Waals surface area contributed by atoms with Gasteiger partial charge in [0, 0.05) is 18.3 Å². The smallest absolute Gasteiger partial charge is 0.312 e. The molecule has 0 unspecified atom stereocenters. The van der Waals surface area contributed by atoms with E-state index >= 15 is 0 Å². The summed E-state index contributed by atoms with van der Waals surface area (Å²) in [5.74, 6) is -1.68. The van der Waals surface area contributed by atoms with Crippen molar-refractivity contribution in [1.82, 2.24) is 0 Å². The lowest BCUT2D eigenvalue weighted by Crippen LogP contribution is -2.29. The molecule has 0 bridgehead atoms. The van der Waals surface area contributed by atoms with Gasteiger partial charge in [-0.1, -0.05) is 23.8 Å². The Morgan fingerprint density at radius 2 is 2.00 bits per heavy atom. The summed E-state index contributed by atoms with van der Waals surface area (Å²) < 4.78 is 0. The fraction of sp³-hybridized carbons (Fsp3) is 0.286. The predicted molar refractivity (Wildman–Crippen MR) is 68.6 cm³/mol. The van der Waals surface area contributed by atoms with Crippen LogP contribution in [0.4, 0.5) is 5.69 Å². The van der Waals surface area contributed by atoms with Crippen LogP contribution in [0.5, 0.6) is 0 Å². The number of carboxylic acids is 1. The topological polar surface area (TPSA) is 57.6 Å². The molecule has 4 nitrogen and oxygen atoms in total. The minimum atomic E-state index is -0.894. The van der Waals surface area contributed by atoms with Crippen LogP contribution in [-0.4, -0.2) is 23.5 Å². The number of rotatable bonds is 2. The number of anilines is 1. The average Bonchev–Trinajstić information content (AvgIpc) is 2.67. The number of para-hydroxylation sites is 1. The number of nitrogens with zero attached hydrogens (tertiary/aromatic N) is 1. The molecule has 0 spiro atoms. The van der Waals surface area contributed by atoms with E-state index < -0.39 is 11.9 Å². The Labute approximate surface area is 106 Å². The maximum Gasteiger partial charge on any atom is 0.312 e. The first-order valence-corrected chi connectivity index (χ1v) is 5.79. The maximum absolute atomic E-state index is 12.0. The van der Waals surface area contributed by atoms with E-state index in [1.54, 1.807) is 18.2 Å². The summed E-state index contributed by atoms with van der Waals surface area (Å²) >= 11 is 0. The molecule has 94 valence electrons. The zero-order valence-corrected chi connectivity index (χ0v) is 10.4. The van der Waals surface area contributed by atoms with Gasteiger partial charge in [0.15, 0.2) is 0 Å². The number of benzene rings is 1. The van der Waals surface area contributed by atoms with E-state index in [1.165, 1.54) is 11.0 Å². The first-order chi connectivity index (χ1) is 8.50. The molecule has 1 aliphatic rings. The molecule has 1 heterocycles. The number of aliphatic carboxylic acids is 1. The fourth-order valence-corrected chi connectivity index (χ4v) is 2.15. The molecular formula is C14H15NO3. The van der Waals surface area contributed by atoms with E-state index in [0.29, 0.717) is 11.3 Å². The van der Waals surface area contributed by atoms with Crippen LogP contribution in [-0.2, 0) is 9.59 Å². The van der Waals surface area contributed by atoms with Gasteiger partial charge in [-0.15, -0.1) is 0 Å². The predicted octanol–water partition coefficient (Wildman–Crippen LogP) is 2.17. The van der Waals surface area contributed by atoms with Crippen LogP contribution >= 0.6 is 0 Å². The third kappa shape index (κ3) is 2.14. The number of carboxylic acid groups (broad SMARTS) is 1. The molecule has 0 radical (unpaired) electrons. The molecule has 2 rings (SSSR count). The van der Waals surface area contributed by atoms with Crippen molar-refractivity contribution >= 4 is 17.6 Å². The Bertz CT molecular complexity index is 530. The van der Waals surface area contributed by atoms with Crippen molar-refractivity contribution in [1.29, 1.82) is 0 Å². The zero-order chi connectivity index (χ0) is 13.3. The quantitative estimate of drug-likeness (QED) is 0.812. The highest BCUT2D eigenvalue weighted by Gasteiger charge is 2.35. The molecule has 0 aliphatic carbocycles. The first-order valence-electron chi connectivity index (χ1n) is 5.79. The average molecular weight is 245 g/mol. The number of carbonyl (C=O) groups excluding carboxylic acids is 1. The summed E-state index contributed by atoms with van der Waals surface area (Å²) in [4.78, 5) is 24.8. The summed E-state index contributed by atoms with van der Waals surface area (Å²) in [7, 11) is 0. The van der Waals surface area contributed by atoms with Crippen molar-refractivity contribution in [3.8, 4) is 0 Å². The molecule has 1 amide bonds. The second-order valence-corrected chi connectivity index (χ2v) is 4.62. The number of hydrogen-bond acceptors (Lipinski definition) is 2. The van der Waals surface area contributed by atoms with Crippen LogP contribution in [0.25, 0.3) is 0 Å². The van der Waals surface area contributed by atoms with Gasteiger partial charge in [-0.25, -0.2) is 0 Å². The Hall–Kier alpha value is -2.10. The molecule has 1 aliphatic heterocycles. The van der Waals surface area contributed by atoms with E-state index in [1.807, 2.05) is 19.9 Å². The Kier molecular flexibility index (Phi) is 3.19. The summed E-state index contributed by atoms with van der Waals surface area (Å²) in [6.07, 6.45) is 1.53. The van der Waals surface area contributed by atoms with E-state index in [0.717, 1.165) is 5.57 Å². The number of amides is 1. The normalized spacial score (nSPS) is 17.2. The molecule has 1 aromatic rings. The van der Waals surface area contributed by atoms with Crippen molar-refractivity contribution in [2.75, 3.05) is 11.4 Å². The summed E-state index contributed by atoms with van der Waals surface area (Å²) in [6, 6.07) is 7.16. The van der Waals surface area contributed by atoms with Crippen LogP contribution in [0.15, 0.2) is 35.9 Å². The molecular weight excluding hydrogens is 230 g/mol. The molecule has 0 aromatic heterocycles. The van der Waals surface area contributed by atoms with Crippen molar-refractivity contribution in [3.63, 3.8) is 0 Å². The van der Waals surface area contributed by atoms with Crippen LogP contribution in [0, 0.1) is 0 Å². The third-order valence-electron chi connectivity index (χ3n) is 2.94. The highest BCUT2D eigenvalue weighted by atomic mass is 16.4. The van der Waals surface area contributed by atoms with Gasteiger partial charge < -0.3 is 10.0 Å². The molecule has 0 fully saturated rings. The highest BCUT2D eigenvalue weighted by molar-refractivity contribution is 6.05. The van der Waals surface area contributed by atoms with Gasteiger partial charge >= 0.3 is 5.97 Å². The van der Waals surface area contributed by atoms with Crippen molar-refractivity contribution in [2.24, 2.45) is 0 Å². The molecule has 0 saturated carbocycles. The summed E-state index contributed by atoms with van der Waals surface area (Å²) in [5.41, 5.74) is 2.31. The van der Waals surface area contributed by atoms with Crippen LogP contribution in [0.1, 0.15) is 25.3 Å². The largest absolute Gasteiger partial charge is 0.481 e. The Morgan fingerprint density at radius 3 is 2.61 bits per heavy atom. The maximum atomic E-state index is 12.0. The summed E-state index contributed by atoms with van der Waals surface area (Å²) in [6.45, 7) is 3.89. The van der Waals surface area contributed by atoms with Crippen molar-refractivity contribution in [2.45, 2.75) is 19.8 Å². The van der Waals surface area contributed by atoms with Gasteiger partial charge in [-0.2, -0.15) is 0 Å². The molecule has 1 N–H and O–H groups in total. The monoisotopic (exact) mass is 245 g/mol. The second kappa shape index (κ2) is 4.64. The standard InChI is InChI=1S/C14H15NO3/c1-9(2)7-13(16)15-8-11(14(17)18)10-5-3-4-6-12(10)15/h3-7,11H,8H2,1-2H3,(H,17,18)/t11-/m1/s1. The minimum absolute atomic E-state index is 0.161. The van der Waals surface area contributed by atoms with Crippen molar-refractivity contribution < 1.29 is 14.7 Å². The van der Waals surface area contributed by atoms with Crippen molar-refractivity contribution in [3.05, 3.63) is 41.5 Å². The number of hydrogen-bond donors (Lipinski definition) is 1. The van der Waals surface area contributed by atoms with Gasteiger partial charge in [0.2, 0.25) is 0 Å². The highest BCUT2D eigenvalue weighted by Crippen LogP contribution is 2.36. The molecule has 1 atom stereocenters. The van der Waals surface area contributed by atoms with E-state index in [2.05, 4.69) is 0 Å². The number of allylic oxidation sites excluding steroid dienone is 1. The number of carbonyl (C=O) groups is 2. The molecule has 18 heavy (non-hydrogen) atoms. The minimum Gasteiger partial charge on any atom is -0.481 e. The van der Waals surface area contributed by atoms with Crippen LogP contribution in [0.2, 0.25) is 0 Å². The fourth-order valence-electron chi connectivity index (χ4n) is 2.15.